The van der Waals surface area contributed by atoms with Crippen molar-refractivity contribution < 1.29 is 19.1 Å². The lowest BCUT2D eigenvalue weighted by Crippen LogP contribution is -2.44. The highest BCUT2D eigenvalue weighted by atomic mass is 16.6. The zero-order valence-electron chi connectivity index (χ0n) is 11.2. The third-order valence-electron chi connectivity index (χ3n) is 2.73. The van der Waals surface area contributed by atoms with E-state index < -0.39 is 17.4 Å². The normalized spacial score (nSPS) is 10.6. The summed E-state index contributed by atoms with van der Waals surface area (Å²) in [6, 6.07) is 8.64. The van der Waals surface area contributed by atoms with Gasteiger partial charge in [0, 0.05) is 0 Å². The topological polar surface area (TPSA) is 52.6 Å². The number of esters is 2. The van der Waals surface area contributed by atoms with Gasteiger partial charge < -0.3 is 9.47 Å². The fourth-order valence-electron chi connectivity index (χ4n) is 1.79. The van der Waals surface area contributed by atoms with Crippen molar-refractivity contribution >= 4 is 11.9 Å². The number of carbonyl (C=O) groups is 2. The number of rotatable bonds is 6. The minimum atomic E-state index is -1.60. The fourth-order valence-corrected chi connectivity index (χ4v) is 1.79. The zero-order chi connectivity index (χ0) is 14.3. The Kier molecular flexibility index (Phi) is 5.30. The van der Waals surface area contributed by atoms with Gasteiger partial charge in [0.2, 0.25) is 5.41 Å². The number of carbonyl (C=O) groups excluding carboxylic acids is 2. The summed E-state index contributed by atoms with van der Waals surface area (Å²) in [6.45, 7) is 7.34. The van der Waals surface area contributed by atoms with E-state index in [1.165, 1.54) is 6.08 Å². The summed E-state index contributed by atoms with van der Waals surface area (Å²) in [6.07, 6.45) is 1.28. The van der Waals surface area contributed by atoms with Crippen molar-refractivity contribution in [2.45, 2.75) is 19.3 Å². The van der Waals surface area contributed by atoms with Gasteiger partial charge in [-0.1, -0.05) is 36.4 Å². The van der Waals surface area contributed by atoms with Crippen LogP contribution in [0.5, 0.6) is 0 Å². The molecule has 1 rings (SSSR count). The maximum absolute atomic E-state index is 12.2. The number of hydrogen-bond donors (Lipinski definition) is 0. The van der Waals surface area contributed by atoms with Crippen LogP contribution in [0.1, 0.15) is 19.4 Å². The van der Waals surface area contributed by atoms with Gasteiger partial charge in [-0.3, -0.25) is 9.59 Å². The highest BCUT2D eigenvalue weighted by molar-refractivity contribution is 6.08. The molecule has 0 aliphatic rings. The second-order valence-electron chi connectivity index (χ2n) is 3.82. The molecular formula is C15H18O4. The van der Waals surface area contributed by atoms with E-state index in [9.17, 15) is 9.59 Å². The van der Waals surface area contributed by atoms with Gasteiger partial charge in [-0.25, -0.2) is 0 Å². The van der Waals surface area contributed by atoms with E-state index in [1.54, 1.807) is 44.2 Å². The molecule has 0 unspecified atom stereocenters. The minimum absolute atomic E-state index is 0.181. The van der Waals surface area contributed by atoms with E-state index in [0.717, 1.165) is 0 Å². The van der Waals surface area contributed by atoms with Gasteiger partial charge in [0.05, 0.1) is 13.2 Å². The molecule has 0 N–H and O–H groups in total. The Morgan fingerprint density at radius 1 is 1.11 bits per heavy atom. The molecule has 0 aromatic heterocycles. The van der Waals surface area contributed by atoms with E-state index in [4.69, 9.17) is 9.47 Å². The molecule has 0 atom stereocenters. The second kappa shape index (κ2) is 6.73. The molecule has 0 amide bonds. The Morgan fingerprint density at radius 2 is 1.58 bits per heavy atom. The summed E-state index contributed by atoms with van der Waals surface area (Å²) in [5.74, 6) is -1.34. The van der Waals surface area contributed by atoms with E-state index >= 15 is 0 Å². The van der Waals surface area contributed by atoms with Crippen LogP contribution in [0.3, 0.4) is 0 Å². The van der Waals surface area contributed by atoms with Crippen molar-refractivity contribution in [1.29, 1.82) is 0 Å². The fraction of sp³-hybridized carbons (Fsp3) is 0.333. The molecule has 4 nitrogen and oxygen atoms in total. The van der Waals surface area contributed by atoms with Crippen LogP contribution in [0.15, 0.2) is 43.0 Å². The van der Waals surface area contributed by atoms with Crippen LogP contribution in [0.25, 0.3) is 0 Å². The Hall–Kier alpha value is -2.10. The highest BCUT2D eigenvalue weighted by Gasteiger charge is 2.47. The summed E-state index contributed by atoms with van der Waals surface area (Å²) >= 11 is 0. The summed E-state index contributed by atoms with van der Waals surface area (Å²) in [7, 11) is 0. The van der Waals surface area contributed by atoms with Gasteiger partial charge in [0.1, 0.15) is 0 Å². The molecule has 102 valence electrons. The SMILES string of the molecule is C=CC(C(=O)OCC)(C(=O)OCC)c1ccccc1. The van der Waals surface area contributed by atoms with Crippen molar-refractivity contribution in [3.8, 4) is 0 Å². The Balaban J connectivity index is 3.33. The maximum atomic E-state index is 12.2. The molecule has 0 fully saturated rings. The summed E-state index contributed by atoms with van der Waals surface area (Å²) < 4.78 is 10.0. The molecular weight excluding hydrogens is 244 g/mol. The van der Waals surface area contributed by atoms with Gasteiger partial charge in [0.15, 0.2) is 0 Å². The molecule has 1 aromatic rings. The van der Waals surface area contributed by atoms with Crippen LogP contribution < -0.4 is 0 Å². The van der Waals surface area contributed by atoms with Crippen LogP contribution in [0, 0.1) is 0 Å². The van der Waals surface area contributed by atoms with E-state index in [1.807, 2.05) is 0 Å². The molecule has 0 heterocycles. The molecule has 0 saturated heterocycles. The van der Waals surface area contributed by atoms with Crippen LogP contribution in [-0.2, 0) is 24.5 Å². The first-order valence-corrected chi connectivity index (χ1v) is 6.17. The standard InChI is InChI=1S/C15H18O4/c1-4-15(13(16)18-5-2,14(17)19-6-3)12-10-8-7-9-11-12/h4,7-11H,1,5-6H2,2-3H3. The summed E-state index contributed by atoms with van der Waals surface area (Å²) in [5.41, 5.74) is -1.12. The molecule has 19 heavy (non-hydrogen) atoms. The molecule has 0 aliphatic heterocycles. The number of benzene rings is 1. The molecule has 0 radical (unpaired) electrons. The first-order valence-electron chi connectivity index (χ1n) is 6.17. The molecule has 0 bridgehead atoms. The van der Waals surface area contributed by atoms with Gasteiger partial charge in [-0.15, -0.1) is 6.58 Å². The predicted octanol–water partition coefficient (Wildman–Crippen LogP) is 2.24. The lowest BCUT2D eigenvalue weighted by molar-refractivity contribution is -0.161. The van der Waals surface area contributed by atoms with Crippen LogP contribution >= 0.6 is 0 Å². The summed E-state index contributed by atoms with van der Waals surface area (Å²) in [4.78, 5) is 24.4. The first-order chi connectivity index (χ1) is 9.13. The predicted molar refractivity (Wildman–Crippen MR) is 71.6 cm³/mol. The van der Waals surface area contributed by atoms with Crippen molar-refractivity contribution in [1.82, 2.24) is 0 Å². The Labute approximate surface area is 113 Å². The highest BCUT2D eigenvalue weighted by Crippen LogP contribution is 2.29. The third kappa shape index (κ3) is 2.84. The number of ether oxygens (including phenoxy) is 2. The van der Waals surface area contributed by atoms with Gasteiger partial charge >= 0.3 is 11.9 Å². The van der Waals surface area contributed by atoms with Crippen molar-refractivity contribution in [3.63, 3.8) is 0 Å². The Bertz CT molecular complexity index is 432. The number of hydrogen-bond acceptors (Lipinski definition) is 4. The second-order valence-corrected chi connectivity index (χ2v) is 3.82. The smallest absolute Gasteiger partial charge is 0.332 e. The molecule has 0 spiro atoms. The van der Waals surface area contributed by atoms with Crippen molar-refractivity contribution in [2.24, 2.45) is 0 Å². The van der Waals surface area contributed by atoms with E-state index in [-0.39, 0.29) is 13.2 Å². The van der Waals surface area contributed by atoms with Crippen LogP contribution in [0.4, 0.5) is 0 Å². The third-order valence-corrected chi connectivity index (χ3v) is 2.73. The van der Waals surface area contributed by atoms with Crippen molar-refractivity contribution in [3.05, 3.63) is 48.6 Å². The zero-order valence-corrected chi connectivity index (χ0v) is 11.2. The lowest BCUT2D eigenvalue weighted by Gasteiger charge is -2.26. The molecule has 1 aromatic carbocycles. The van der Waals surface area contributed by atoms with E-state index in [0.29, 0.717) is 5.56 Å². The maximum Gasteiger partial charge on any atom is 0.332 e. The monoisotopic (exact) mass is 262 g/mol. The van der Waals surface area contributed by atoms with E-state index in [2.05, 4.69) is 6.58 Å². The van der Waals surface area contributed by atoms with Gasteiger partial charge in [-0.2, -0.15) is 0 Å². The molecule has 0 aliphatic carbocycles. The van der Waals surface area contributed by atoms with Crippen LogP contribution in [-0.4, -0.2) is 25.2 Å². The average molecular weight is 262 g/mol. The average Bonchev–Trinajstić information content (AvgIpc) is 2.42. The quantitative estimate of drug-likeness (QED) is 0.448. The molecule has 4 heteroatoms. The van der Waals surface area contributed by atoms with Gasteiger partial charge in [-0.05, 0) is 19.4 Å². The molecule has 0 saturated carbocycles. The summed E-state index contributed by atoms with van der Waals surface area (Å²) in [5, 5.41) is 0. The minimum Gasteiger partial charge on any atom is -0.465 e. The largest absolute Gasteiger partial charge is 0.465 e. The Morgan fingerprint density at radius 3 is 1.95 bits per heavy atom. The first kappa shape index (κ1) is 15.0. The van der Waals surface area contributed by atoms with Crippen LogP contribution in [0.2, 0.25) is 0 Å². The lowest BCUT2D eigenvalue weighted by atomic mass is 9.80. The van der Waals surface area contributed by atoms with Crippen molar-refractivity contribution in [2.75, 3.05) is 13.2 Å². The van der Waals surface area contributed by atoms with Gasteiger partial charge in [0.25, 0.3) is 0 Å².